The smallest absolute Gasteiger partial charge is 0.182 e. The van der Waals surface area contributed by atoms with E-state index in [4.69, 9.17) is 79.7 Å². The number of hydrogen-bond acceptors (Lipinski definition) is 18. The van der Waals surface area contributed by atoms with Gasteiger partial charge in [0.2, 0.25) is 0 Å². The maximum Gasteiger partial charge on any atom is 0.182 e. The summed E-state index contributed by atoms with van der Waals surface area (Å²) < 4.78 is 0. The maximum atomic E-state index is 5.13. The summed E-state index contributed by atoms with van der Waals surface area (Å²) in [6, 6.07) is 127. The Balaban J connectivity index is 0.000000159. The van der Waals surface area contributed by atoms with Crippen LogP contribution in [-0.4, -0.2) is 89.7 Å². The van der Waals surface area contributed by atoms with Crippen LogP contribution in [0.15, 0.2) is 401 Å². The highest BCUT2D eigenvalue weighted by Crippen LogP contribution is 2.37. The summed E-state index contributed by atoms with van der Waals surface area (Å²) in [5.74, 6) is 6.77. The van der Waals surface area contributed by atoms with Crippen LogP contribution in [0.2, 0.25) is 0 Å². The topological polar surface area (TPSA) is 232 Å². The van der Waals surface area contributed by atoms with Crippen LogP contribution in [0, 0.1) is 0 Å². The number of pyridine rings is 6. The Kier molecular flexibility index (Phi) is 20.8. The first-order valence-corrected chi connectivity index (χ1v) is 38.9. The van der Waals surface area contributed by atoms with Crippen LogP contribution >= 0.6 is 0 Å². The van der Waals surface area contributed by atoms with Crippen LogP contribution in [0.5, 0.6) is 0 Å². The molecule has 0 aliphatic heterocycles. The Morgan fingerprint density at radius 2 is 0.300 bits per heavy atom. The van der Waals surface area contributed by atoms with Crippen molar-refractivity contribution in [3.05, 3.63) is 401 Å². The van der Waals surface area contributed by atoms with Crippen molar-refractivity contribution in [2.24, 2.45) is 0 Å². The van der Waals surface area contributed by atoms with Crippen LogP contribution in [0.1, 0.15) is 0 Å². The van der Waals surface area contributed by atoms with Gasteiger partial charge in [-0.15, -0.1) is 0 Å². The maximum absolute atomic E-state index is 5.13. The lowest BCUT2D eigenvalue weighted by Gasteiger charge is -2.12. The molecule has 18 nitrogen and oxygen atoms in total. The number of hydrogen-bond donors (Lipinski definition) is 0. The van der Waals surface area contributed by atoms with E-state index in [1.165, 1.54) is 0 Å². The summed E-state index contributed by atoms with van der Waals surface area (Å²) in [4.78, 5) is 88.7. The molecule has 0 amide bonds. The molecule has 120 heavy (non-hydrogen) atoms. The van der Waals surface area contributed by atoms with Crippen LogP contribution in [-0.2, 0) is 0 Å². The van der Waals surface area contributed by atoms with E-state index in [2.05, 4.69) is 52.4 Å². The number of nitrogens with zero attached hydrogens (tertiary/aromatic N) is 18. The van der Waals surface area contributed by atoms with Gasteiger partial charge in [0.1, 0.15) is 11.4 Å². The van der Waals surface area contributed by atoms with Gasteiger partial charge < -0.3 is 0 Å². The second kappa shape index (κ2) is 34.1. The molecular weight excluding hydrogens is 1480 g/mol. The molecule has 0 saturated heterocycles. The Morgan fingerprint density at radius 3 is 0.592 bits per heavy atom. The minimum atomic E-state index is 0.459. The van der Waals surface area contributed by atoms with E-state index in [1.807, 2.05) is 346 Å². The van der Waals surface area contributed by atoms with E-state index in [0.717, 1.165) is 95.0 Å². The van der Waals surface area contributed by atoms with Gasteiger partial charge in [-0.1, -0.05) is 309 Å². The molecule has 0 spiro atoms. The van der Waals surface area contributed by atoms with Crippen LogP contribution in [0.4, 0.5) is 0 Å². The quantitative estimate of drug-likeness (QED) is 0.0777. The predicted octanol–water partition coefficient (Wildman–Crippen LogP) is 22.5. The molecule has 20 aromatic rings. The van der Waals surface area contributed by atoms with Gasteiger partial charge in [0.25, 0.3) is 0 Å². The minimum absolute atomic E-state index is 0.459. The average molecular weight is 1540 g/mol. The molecule has 0 saturated carbocycles. The Morgan fingerprint density at radius 1 is 0.100 bits per heavy atom. The molecule has 18 heteroatoms. The summed E-state index contributed by atoms with van der Waals surface area (Å²) in [6.07, 6.45) is 3.54. The van der Waals surface area contributed by atoms with Gasteiger partial charge in [0.15, 0.2) is 69.9 Å². The fourth-order valence-electron chi connectivity index (χ4n) is 13.7. The van der Waals surface area contributed by atoms with Gasteiger partial charge in [-0.2, -0.15) is 0 Å². The van der Waals surface area contributed by atoms with Crippen LogP contribution < -0.4 is 0 Å². The van der Waals surface area contributed by atoms with Crippen molar-refractivity contribution in [1.29, 1.82) is 0 Å². The first-order chi connectivity index (χ1) is 59.4. The first-order valence-electron chi connectivity index (χ1n) is 38.9. The summed E-state index contributed by atoms with van der Waals surface area (Å²) in [5, 5.41) is 0. The highest BCUT2D eigenvalue weighted by molar-refractivity contribution is 5.81. The van der Waals surface area contributed by atoms with E-state index in [0.29, 0.717) is 110 Å². The van der Waals surface area contributed by atoms with Crippen LogP contribution in [0.25, 0.3) is 205 Å². The normalized spacial score (nSPS) is 11.0. The molecule has 10 aromatic heterocycles. The van der Waals surface area contributed by atoms with E-state index in [9.17, 15) is 0 Å². The number of rotatable bonds is 18. The lowest BCUT2D eigenvalue weighted by molar-refractivity contribution is 1.06. The van der Waals surface area contributed by atoms with Crippen molar-refractivity contribution in [1.82, 2.24) is 89.7 Å². The summed E-state index contributed by atoms with van der Waals surface area (Å²) in [6.45, 7) is 0. The van der Waals surface area contributed by atoms with E-state index >= 15 is 0 Å². The van der Waals surface area contributed by atoms with Crippen molar-refractivity contribution < 1.29 is 0 Å². The van der Waals surface area contributed by atoms with Crippen LogP contribution in [0.3, 0.4) is 0 Å². The molecule has 0 unspecified atom stereocenters. The highest BCUT2D eigenvalue weighted by atomic mass is 15.1. The standard InChI is InChI=1S/2C51H33N9/c1-5-17-34(18-6-1)46-55-47(35-19-7-2-8-20-35)58-50(57-46)39-26-15-25-38(31-39)40-32-44(41-27-13-14-30-52-41)54-45(33-40)42-28-16-29-43(53-42)51-59-48(36-21-9-3-10-22-36)56-49(60-51)37-23-11-4-12-24-37;1-5-16-35(17-6-1)46-55-47(36-18-7-2-8-19-36)57-50(56-46)39-29-27-34(28-30-39)40-32-44(41-24-13-14-31-52-41)54-45(33-40)42-25-15-26-43(53-42)51-59-48(37-20-9-3-10-21-37)58-49(60-51)38-22-11-4-12-23-38/h2*1-33H. The lowest BCUT2D eigenvalue weighted by atomic mass is 10.00. The van der Waals surface area contributed by atoms with Gasteiger partial charge in [0.05, 0.1) is 45.6 Å². The van der Waals surface area contributed by atoms with Crippen molar-refractivity contribution in [3.63, 3.8) is 0 Å². The summed E-state index contributed by atoms with van der Waals surface area (Å²) in [5.41, 5.74) is 19.5. The Bertz CT molecular complexity index is 6560. The van der Waals surface area contributed by atoms with Crippen molar-refractivity contribution >= 4 is 0 Å². The molecule has 0 aliphatic carbocycles. The minimum Gasteiger partial charge on any atom is -0.255 e. The first kappa shape index (κ1) is 73.3. The largest absolute Gasteiger partial charge is 0.255 e. The third-order valence-electron chi connectivity index (χ3n) is 19.7. The van der Waals surface area contributed by atoms with E-state index in [-0.39, 0.29) is 0 Å². The Labute approximate surface area is 690 Å². The molecule has 0 atom stereocenters. The second-order valence-corrected chi connectivity index (χ2v) is 27.8. The molecule has 20 rings (SSSR count). The Hall–Kier alpha value is -16.9. The van der Waals surface area contributed by atoms with Gasteiger partial charge in [-0.05, 0) is 101 Å². The molecule has 0 bridgehead atoms. The fraction of sp³-hybridized carbons (Fsp3) is 0. The van der Waals surface area contributed by atoms with E-state index < -0.39 is 0 Å². The molecular formula is C102H66N18. The summed E-state index contributed by atoms with van der Waals surface area (Å²) in [7, 11) is 0. The molecule has 0 aliphatic rings. The SMILES string of the molecule is c1ccc(-c2nc(-c3ccccc3)nc(-c3ccc(-c4cc(-c5ccccn5)nc(-c5cccc(-c6nc(-c7ccccc7)nc(-c7ccccc7)n6)n5)c4)cc3)n2)cc1.c1ccc(-c2nc(-c3ccccc3)nc(-c3cccc(-c4cc(-c5ccccn5)nc(-c5cccc(-c6nc(-c7ccccc7)nc(-c7ccccc7)n6)n5)c4)c3)n2)cc1. The predicted molar refractivity (Wildman–Crippen MR) is 471 cm³/mol. The van der Waals surface area contributed by atoms with Gasteiger partial charge in [-0.3, -0.25) is 9.97 Å². The van der Waals surface area contributed by atoms with Gasteiger partial charge >= 0.3 is 0 Å². The molecule has 0 N–H and O–H groups in total. The lowest BCUT2D eigenvalue weighted by Crippen LogP contribution is -2.02. The molecule has 0 radical (unpaired) electrons. The fourth-order valence-corrected chi connectivity index (χ4v) is 13.7. The monoisotopic (exact) mass is 1540 g/mol. The zero-order chi connectivity index (χ0) is 80.2. The zero-order valence-corrected chi connectivity index (χ0v) is 64.2. The van der Waals surface area contributed by atoms with Gasteiger partial charge in [0, 0.05) is 68.0 Å². The number of aromatic nitrogens is 18. The molecule has 10 aromatic carbocycles. The number of benzene rings is 10. The highest BCUT2D eigenvalue weighted by Gasteiger charge is 2.22. The third-order valence-corrected chi connectivity index (χ3v) is 19.7. The molecule has 564 valence electrons. The second-order valence-electron chi connectivity index (χ2n) is 27.8. The zero-order valence-electron chi connectivity index (χ0n) is 64.2. The molecule has 10 heterocycles. The van der Waals surface area contributed by atoms with Crippen molar-refractivity contribution in [2.75, 3.05) is 0 Å². The van der Waals surface area contributed by atoms with Crippen molar-refractivity contribution in [3.8, 4) is 205 Å². The molecule has 0 fully saturated rings. The average Bonchev–Trinajstić information content (AvgIpc) is 0.781. The summed E-state index contributed by atoms with van der Waals surface area (Å²) >= 11 is 0. The van der Waals surface area contributed by atoms with E-state index in [1.54, 1.807) is 12.4 Å². The van der Waals surface area contributed by atoms with Gasteiger partial charge in [-0.25, -0.2) is 79.7 Å². The third kappa shape index (κ3) is 16.6. The van der Waals surface area contributed by atoms with Crippen molar-refractivity contribution in [2.45, 2.75) is 0 Å².